The molecule has 0 saturated heterocycles. The lowest BCUT2D eigenvalue weighted by atomic mass is 10.1. The number of anilines is 1. The topological polar surface area (TPSA) is 90.9 Å². The number of nitrogens with one attached hydrogen (secondary N) is 1. The molecule has 176 valence electrons. The fourth-order valence-corrected chi connectivity index (χ4v) is 3.66. The molecule has 4 rings (SSSR count). The Bertz CT molecular complexity index is 1020. The van der Waals surface area contributed by atoms with Crippen molar-refractivity contribution in [3.05, 3.63) is 41.2 Å². The van der Waals surface area contributed by atoms with Crippen LogP contribution in [0.2, 0.25) is 0 Å². The zero-order chi connectivity index (χ0) is 21.1. The first-order valence-corrected chi connectivity index (χ1v) is 11.0. The molecule has 3 N–H and O–H groups in total. The predicted octanol–water partition coefficient (Wildman–Crippen LogP) is 4.68. The van der Waals surface area contributed by atoms with E-state index in [0.717, 1.165) is 37.1 Å². The van der Waals surface area contributed by atoms with Crippen LogP contribution in [0.1, 0.15) is 63.4 Å². The Labute approximate surface area is 202 Å². The SMILES string of the molecule is CCCCc1nc2c(N)nnc(OC(C)C)c2n1Cc1cccc(CNC2CC2)c1.Cl.Cl. The first-order chi connectivity index (χ1) is 14.5. The number of halogens is 2. The molecule has 1 aliphatic carbocycles. The number of rotatable bonds is 10. The minimum atomic E-state index is -0.00890. The maximum Gasteiger partial charge on any atom is 0.260 e. The number of unbranched alkanes of at least 4 members (excludes halogenated alkanes) is 1. The lowest BCUT2D eigenvalue weighted by molar-refractivity contribution is 0.232. The summed E-state index contributed by atoms with van der Waals surface area (Å²) >= 11 is 0. The summed E-state index contributed by atoms with van der Waals surface area (Å²) in [7, 11) is 0. The van der Waals surface area contributed by atoms with Crippen molar-refractivity contribution in [1.29, 1.82) is 0 Å². The molecular formula is C23H34Cl2N6O. The van der Waals surface area contributed by atoms with Crippen LogP contribution in [0.4, 0.5) is 5.82 Å². The molecular weight excluding hydrogens is 447 g/mol. The van der Waals surface area contributed by atoms with E-state index >= 15 is 0 Å². The van der Waals surface area contributed by atoms with Crippen LogP contribution in [-0.4, -0.2) is 31.9 Å². The van der Waals surface area contributed by atoms with Gasteiger partial charge in [0.05, 0.1) is 6.10 Å². The van der Waals surface area contributed by atoms with Gasteiger partial charge >= 0.3 is 0 Å². The maximum atomic E-state index is 6.14. The Kier molecular flexibility index (Phi) is 9.55. The van der Waals surface area contributed by atoms with E-state index in [2.05, 4.69) is 51.3 Å². The van der Waals surface area contributed by atoms with Crippen LogP contribution in [0, 0.1) is 0 Å². The van der Waals surface area contributed by atoms with Crippen molar-refractivity contribution in [2.75, 3.05) is 5.73 Å². The Morgan fingerprint density at radius 3 is 2.62 bits per heavy atom. The summed E-state index contributed by atoms with van der Waals surface area (Å²) in [4.78, 5) is 4.85. The van der Waals surface area contributed by atoms with Crippen molar-refractivity contribution >= 4 is 41.7 Å². The van der Waals surface area contributed by atoms with E-state index in [0.29, 0.717) is 29.8 Å². The Hall–Kier alpha value is -2.09. The highest BCUT2D eigenvalue weighted by atomic mass is 35.5. The van der Waals surface area contributed by atoms with Gasteiger partial charge in [-0.1, -0.05) is 37.6 Å². The first kappa shape index (κ1) is 26.2. The van der Waals surface area contributed by atoms with E-state index in [9.17, 15) is 0 Å². The van der Waals surface area contributed by atoms with Crippen molar-refractivity contribution in [2.24, 2.45) is 0 Å². The van der Waals surface area contributed by atoms with Gasteiger partial charge in [0.25, 0.3) is 5.88 Å². The number of hydrogen-bond donors (Lipinski definition) is 2. The van der Waals surface area contributed by atoms with Gasteiger partial charge < -0.3 is 20.4 Å². The van der Waals surface area contributed by atoms with Crippen molar-refractivity contribution in [1.82, 2.24) is 25.1 Å². The smallest absolute Gasteiger partial charge is 0.260 e. The van der Waals surface area contributed by atoms with E-state index in [-0.39, 0.29) is 30.9 Å². The van der Waals surface area contributed by atoms with Crippen LogP contribution >= 0.6 is 24.8 Å². The van der Waals surface area contributed by atoms with Crippen LogP contribution in [0.15, 0.2) is 24.3 Å². The van der Waals surface area contributed by atoms with Crippen molar-refractivity contribution in [3.8, 4) is 5.88 Å². The van der Waals surface area contributed by atoms with Crippen molar-refractivity contribution < 1.29 is 4.74 Å². The van der Waals surface area contributed by atoms with E-state index in [4.69, 9.17) is 15.5 Å². The third kappa shape index (κ3) is 6.24. The molecule has 1 fully saturated rings. The summed E-state index contributed by atoms with van der Waals surface area (Å²) < 4.78 is 8.18. The van der Waals surface area contributed by atoms with Crippen LogP contribution in [0.5, 0.6) is 5.88 Å². The molecule has 0 bridgehead atoms. The van der Waals surface area contributed by atoms with Crippen LogP contribution in [0.3, 0.4) is 0 Å². The lowest BCUT2D eigenvalue weighted by Crippen LogP contribution is -2.15. The molecule has 0 amide bonds. The molecule has 0 unspecified atom stereocenters. The number of nitrogens with zero attached hydrogens (tertiary/aromatic N) is 4. The number of benzene rings is 1. The van der Waals surface area contributed by atoms with Gasteiger partial charge in [-0.2, -0.15) is 0 Å². The lowest BCUT2D eigenvalue weighted by Gasteiger charge is -2.14. The van der Waals surface area contributed by atoms with Crippen LogP contribution in [-0.2, 0) is 19.5 Å². The Morgan fingerprint density at radius 2 is 1.94 bits per heavy atom. The minimum Gasteiger partial charge on any atom is -0.472 e. The largest absolute Gasteiger partial charge is 0.472 e. The summed E-state index contributed by atoms with van der Waals surface area (Å²) in [5.74, 6) is 1.85. The molecule has 7 nitrogen and oxygen atoms in total. The van der Waals surface area contributed by atoms with Crippen molar-refractivity contribution in [3.63, 3.8) is 0 Å². The molecule has 2 heterocycles. The van der Waals surface area contributed by atoms with Gasteiger partial charge in [-0.15, -0.1) is 35.0 Å². The molecule has 1 aromatic carbocycles. The monoisotopic (exact) mass is 480 g/mol. The third-order valence-corrected chi connectivity index (χ3v) is 5.35. The number of aromatic nitrogens is 4. The number of aryl methyl sites for hydroxylation is 1. The second kappa shape index (κ2) is 11.7. The van der Waals surface area contributed by atoms with Gasteiger partial charge in [0.15, 0.2) is 5.82 Å². The maximum absolute atomic E-state index is 6.14. The quantitative estimate of drug-likeness (QED) is 0.437. The van der Waals surface area contributed by atoms with E-state index < -0.39 is 0 Å². The molecule has 9 heteroatoms. The highest BCUT2D eigenvalue weighted by Gasteiger charge is 2.21. The molecule has 2 aromatic heterocycles. The van der Waals surface area contributed by atoms with E-state index in [1.807, 2.05) is 13.8 Å². The van der Waals surface area contributed by atoms with Crippen LogP contribution in [0.25, 0.3) is 11.0 Å². The van der Waals surface area contributed by atoms with Gasteiger partial charge in [0.2, 0.25) is 0 Å². The molecule has 3 aromatic rings. The summed E-state index contributed by atoms with van der Waals surface area (Å²) in [6.45, 7) is 7.77. The number of fused-ring (bicyclic) bond motifs is 1. The fraction of sp³-hybridized carbons (Fsp3) is 0.522. The zero-order valence-corrected chi connectivity index (χ0v) is 20.6. The highest BCUT2D eigenvalue weighted by molar-refractivity contribution is 5.88. The molecule has 0 aliphatic heterocycles. The van der Waals surface area contributed by atoms with Crippen molar-refractivity contribution in [2.45, 2.75) is 78.1 Å². The Morgan fingerprint density at radius 1 is 1.19 bits per heavy atom. The van der Waals surface area contributed by atoms with Gasteiger partial charge in [-0.3, -0.25) is 0 Å². The number of nitrogen functional groups attached to an aromatic ring is 1. The third-order valence-electron chi connectivity index (χ3n) is 5.35. The molecule has 0 radical (unpaired) electrons. The van der Waals surface area contributed by atoms with Gasteiger partial charge in [0, 0.05) is 25.6 Å². The number of nitrogens with two attached hydrogens (primary N) is 1. The second-order valence-electron chi connectivity index (χ2n) is 8.45. The van der Waals surface area contributed by atoms with Gasteiger partial charge in [-0.05, 0) is 44.2 Å². The summed E-state index contributed by atoms with van der Waals surface area (Å²) in [5, 5.41) is 11.9. The van der Waals surface area contributed by atoms with E-state index in [1.54, 1.807) is 0 Å². The predicted molar refractivity (Wildman–Crippen MR) is 134 cm³/mol. The fourth-order valence-electron chi connectivity index (χ4n) is 3.66. The van der Waals surface area contributed by atoms with Gasteiger partial charge in [-0.25, -0.2) is 4.98 Å². The minimum absolute atomic E-state index is 0. The normalized spacial score (nSPS) is 13.1. The summed E-state index contributed by atoms with van der Waals surface area (Å²) in [6, 6.07) is 9.44. The summed E-state index contributed by atoms with van der Waals surface area (Å²) in [6.07, 6.45) is 5.63. The highest BCUT2D eigenvalue weighted by Crippen LogP contribution is 2.29. The first-order valence-electron chi connectivity index (χ1n) is 11.0. The number of hydrogen-bond acceptors (Lipinski definition) is 6. The molecule has 0 atom stereocenters. The average Bonchev–Trinajstić information content (AvgIpc) is 3.48. The van der Waals surface area contributed by atoms with Gasteiger partial charge in [0.1, 0.15) is 16.9 Å². The molecule has 1 saturated carbocycles. The standard InChI is InChI=1S/C23H32N6O.2ClH/c1-4-5-9-19-26-20-21(23(30-15(2)3)28-27-22(20)24)29(19)14-17-8-6-7-16(12-17)13-25-18-10-11-18;;/h6-8,12,15,18,25H,4-5,9-11,13-14H2,1-3H3,(H2,24,27);2*1H. The molecule has 1 aliphatic rings. The second-order valence-corrected chi connectivity index (χ2v) is 8.45. The Balaban J connectivity index is 0.00000181. The summed E-state index contributed by atoms with van der Waals surface area (Å²) in [5.41, 5.74) is 10.2. The molecule has 32 heavy (non-hydrogen) atoms. The average molecular weight is 481 g/mol. The molecule has 0 spiro atoms. The van der Waals surface area contributed by atoms with Crippen LogP contribution < -0.4 is 15.8 Å². The zero-order valence-electron chi connectivity index (χ0n) is 19.0. The van der Waals surface area contributed by atoms with E-state index in [1.165, 1.54) is 24.0 Å². The number of ether oxygens (including phenoxy) is 1. The number of imidazole rings is 1.